The summed E-state index contributed by atoms with van der Waals surface area (Å²) in [5, 5.41) is 0. The number of pyridine rings is 1. The van der Waals surface area contributed by atoms with Crippen molar-refractivity contribution in [2.75, 3.05) is 0 Å². The maximum absolute atomic E-state index is 5.47. The molecule has 0 N–H and O–H groups in total. The summed E-state index contributed by atoms with van der Waals surface area (Å²) in [6.45, 7) is 1.98. The van der Waals surface area contributed by atoms with Gasteiger partial charge in [-0.25, -0.2) is 0 Å². The summed E-state index contributed by atoms with van der Waals surface area (Å²) in [6.07, 6.45) is 7.64. The molecule has 1 aromatic heterocycles. The number of rotatable bonds is 1. The van der Waals surface area contributed by atoms with Gasteiger partial charge in [0.1, 0.15) is 12.4 Å². The average molecular weight is 130 g/mol. The molecule has 0 fully saturated rings. The molecule has 0 saturated carbocycles. The molecule has 0 amide bonds. The first-order chi connectivity index (χ1) is 4.83. The van der Waals surface area contributed by atoms with Gasteiger partial charge in [0.25, 0.3) is 0 Å². The van der Waals surface area contributed by atoms with Gasteiger partial charge in [0.2, 0.25) is 0 Å². The molecule has 0 atom stereocenters. The maximum Gasteiger partial charge on any atom is 0.586 e. The molecular formula is C8H9BN+. The van der Waals surface area contributed by atoms with Gasteiger partial charge in [0, 0.05) is 11.6 Å². The molecule has 1 heterocycles. The molecule has 10 heavy (non-hydrogen) atoms. The molecule has 2 heteroatoms. The van der Waals surface area contributed by atoms with Gasteiger partial charge in [0.15, 0.2) is 0 Å². The van der Waals surface area contributed by atoms with Gasteiger partial charge in [-0.1, -0.05) is 12.2 Å². The van der Waals surface area contributed by atoms with Crippen LogP contribution < -0.4 is 4.48 Å². The second-order valence-corrected chi connectivity index (χ2v) is 2.08. The fourth-order valence-corrected chi connectivity index (χ4v) is 0.803. The lowest BCUT2D eigenvalue weighted by Gasteiger charge is -1.88. The fraction of sp³-hybridized carbons (Fsp3) is 0.125. The first-order valence-corrected chi connectivity index (χ1v) is 3.22. The topological polar surface area (TPSA) is 3.88 Å². The number of allylic oxidation sites excluding steroid dienone is 1. The van der Waals surface area contributed by atoms with Crippen molar-refractivity contribution in [1.82, 2.24) is 0 Å². The van der Waals surface area contributed by atoms with Crippen molar-refractivity contribution in [1.29, 1.82) is 0 Å². The van der Waals surface area contributed by atoms with E-state index < -0.39 is 0 Å². The van der Waals surface area contributed by atoms with E-state index in [1.54, 1.807) is 6.20 Å². The lowest BCUT2D eigenvalue weighted by molar-refractivity contribution is -0.521. The highest BCUT2D eigenvalue weighted by Gasteiger charge is 1.91. The van der Waals surface area contributed by atoms with Gasteiger partial charge >= 0.3 is 7.98 Å². The number of aromatic nitrogens is 1. The van der Waals surface area contributed by atoms with Crippen LogP contribution in [0.5, 0.6) is 0 Å². The van der Waals surface area contributed by atoms with Gasteiger partial charge in [-0.3, -0.25) is 4.48 Å². The Morgan fingerprint density at radius 3 is 3.00 bits per heavy atom. The summed E-state index contributed by atoms with van der Waals surface area (Å²) in [5.74, 6) is 0. The van der Waals surface area contributed by atoms with E-state index in [4.69, 9.17) is 7.98 Å². The zero-order chi connectivity index (χ0) is 7.40. The van der Waals surface area contributed by atoms with Crippen LogP contribution in [0.25, 0.3) is 6.08 Å². The lowest BCUT2D eigenvalue weighted by Crippen LogP contribution is -2.29. The molecule has 1 nitrogen and oxygen atoms in total. The summed E-state index contributed by atoms with van der Waals surface area (Å²) < 4.78 is 1.54. The molecule has 1 rings (SSSR count). The van der Waals surface area contributed by atoms with Crippen molar-refractivity contribution in [3.63, 3.8) is 0 Å². The Bertz CT molecular complexity index is 243. The summed E-state index contributed by atoms with van der Waals surface area (Å²) in [6, 6.07) is 3.92. The third-order valence-corrected chi connectivity index (χ3v) is 1.20. The van der Waals surface area contributed by atoms with Crippen LogP contribution in [0.3, 0.4) is 0 Å². The van der Waals surface area contributed by atoms with Gasteiger partial charge in [-0.05, 0) is 13.0 Å². The summed E-state index contributed by atoms with van der Waals surface area (Å²) >= 11 is 0. The Morgan fingerprint density at radius 2 is 2.40 bits per heavy atom. The molecule has 0 spiro atoms. The fourth-order valence-electron chi connectivity index (χ4n) is 0.803. The smallest absolute Gasteiger partial charge is 0.292 e. The van der Waals surface area contributed by atoms with Crippen molar-refractivity contribution in [2.45, 2.75) is 6.92 Å². The highest BCUT2D eigenvalue weighted by molar-refractivity contribution is 5.94. The third-order valence-electron chi connectivity index (χ3n) is 1.20. The molecule has 0 aromatic carbocycles. The summed E-state index contributed by atoms with van der Waals surface area (Å²) in [5.41, 5.74) is 1.12. The first-order valence-electron chi connectivity index (χ1n) is 3.22. The van der Waals surface area contributed by atoms with E-state index in [9.17, 15) is 0 Å². The van der Waals surface area contributed by atoms with E-state index in [1.807, 2.05) is 37.4 Å². The summed E-state index contributed by atoms with van der Waals surface area (Å²) in [7, 11) is 5.47. The van der Waals surface area contributed by atoms with E-state index in [2.05, 4.69) is 0 Å². The van der Waals surface area contributed by atoms with E-state index in [1.165, 1.54) is 4.48 Å². The van der Waals surface area contributed by atoms with Crippen molar-refractivity contribution in [3.8, 4) is 0 Å². The van der Waals surface area contributed by atoms with Crippen LogP contribution in [0.1, 0.15) is 12.5 Å². The maximum atomic E-state index is 5.47. The van der Waals surface area contributed by atoms with E-state index in [-0.39, 0.29) is 0 Å². The largest absolute Gasteiger partial charge is 0.586 e. The second-order valence-electron chi connectivity index (χ2n) is 2.08. The Labute approximate surface area is 62.4 Å². The molecule has 0 unspecified atom stereocenters. The van der Waals surface area contributed by atoms with Crippen LogP contribution in [0.2, 0.25) is 0 Å². The molecule has 2 radical (unpaired) electrons. The standard InChI is InChI=1S/C8H9BN/c1-2-4-8-5-3-6-10(9)7-8/h2-7H,1H3/q+1/b4-2+. The molecule has 0 aliphatic carbocycles. The van der Waals surface area contributed by atoms with Crippen LogP contribution in [0, 0.1) is 0 Å². The zero-order valence-corrected chi connectivity index (χ0v) is 5.99. The van der Waals surface area contributed by atoms with Gasteiger partial charge in [-0.2, -0.15) is 0 Å². The Hall–Kier alpha value is -1.05. The van der Waals surface area contributed by atoms with E-state index in [0.29, 0.717) is 0 Å². The molecule has 0 aliphatic heterocycles. The third kappa shape index (κ3) is 1.73. The monoisotopic (exact) mass is 130 g/mol. The minimum absolute atomic E-state index is 1.12. The summed E-state index contributed by atoms with van der Waals surface area (Å²) in [4.78, 5) is 0. The average Bonchev–Trinajstić information content (AvgIpc) is 1.88. The van der Waals surface area contributed by atoms with Crippen LogP contribution in [-0.2, 0) is 0 Å². The van der Waals surface area contributed by atoms with Crippen molar-refractivity contribution >= 4 is 14.1 Å². The lowest BCUT2D eigenvalue weighted by atomic mass is 10.2. The Kier molecular flexibility index (Phi) is 2.27. The molecule has 0 saturated heterocycles. The van der Waals surface area contributed by atoms with Crippen molar-refractivity contribution in [3.05, 3.63) is 36.2 Å². The normalized spacial score (nSPS) is 10.5. The molecular weight excluding hydrogens is 121 g/mol. The SMILES string of the molecule is [B][n+]1cccc(/C=C/C)c1. The number of nitrogens with zero attached hydrogens (tertiary/aromatic N) is 1. The minimum Gasteiger partial charge on any atom is -0.292 e. The minimum atomic E-state index is 1.12. The van der Waals surface area contributed by atoms with Gasteiger partial charge < -0.3 is 0 Å². The highest BCUT2D eigenvalue weighted by atomic mass is 14.8. The Morgan fingerprint density at radius 1 is 1.60 bits per heavy atom. The number of hydrogen-bond donors (Lipinski definition) is 0. The molecule has 0 aliphatic rings. The first kappa shape index (κ1) is 7.07. The quantitative estimate of drug-likeness (QED) is 0.498. The molecule has 0 bridgehead atoms. The van der Waals surface area contributed by atoms with E-state index >= 15 is 0 Å². The second kappa shape index (κ2) is 3.21. The number of hydrogen-bond acceptors (Lipinski definition) is 0. The van der Waals surface area contributed by atoms with Gasteiger partial charge in [0.05, 0.1) is 0 Å². The highest BCUT2D eigenvalue weighted by Crippen LogP contribution is 1.95. The van der Waals surface area contributed by atoms with Crippen LogP contribution in [-0.4, -0.2) is 7.98 Å². The molecule has 1 aromatic rings. The molecule has 48 valence electrons. The van der Waals surface area contributed by atoms with E-state index in [0.717, 1.165) is 5.56 Å². The van der Waals surface area contributed by atoms with Gasteiger partial charge in [-0.15, -0.1) is 0 Å². The predicted octanol–water partition coefficient (Wildman–Crippen LogP) is 0.939. The van der Waals surface area contributed by atoms with Crippen LogP contribution in [0.4, 0.5) is 0 Å². The predicted molar refractivity (Wildman–Crippen MR) is 42.5 cm³/mol. The van der Waals surface area contributed by atoms with Crippen LogP contribution in [0.15, 0.2) is 30.6 Å². The zero-order valence-electron chi connectivity index (χ0n) is 5.99. The van der Waals surface area contributed by atoms with Crippen LogP contribution >= 0.6 is 0 Å². The van der Waals surface area contributed by atoms with Crippen molar-refractivity contribution in [2.24, 2.45) is 0 Å². The van der Waals surface area contributed by atoms with Crippen molar-refractivity contribution < 1.29 is 4.48 Å². The Balaban J connectivity index is 2.95.